The molecule has 0 atom stereocenters. The Labute approximate surface area is 99.1 Å². The third-order valence-electron chi connectivity index (χ3n) is 1.61. The van der Waals surface area contributed by atoms with E-state index >= 15 is 0 Å². The average Bonchev–Trinajstić information content (AvgIpc) is 2.13. The zero-order valence-corrected chi connectivity index (χ0v) is 8.92. The first-order chi connectivity index (χ1) is 7.78. The summed E-state index contributed by atoms with van der Waals surface area (Å²) in [5.74, 6) is -1.65. The SMILES string of the molecule is O=C(O)C=Cc1ccc(OC(F)(F)F)cc1Cl. The van der Waals surface area contributed by atoms with Crippen molar-refractivity contribution in [2.24, 2.45) is 0 Å². The van der Waals surface area contributed by atoms with E-state index in [0.29, 0.717) is 0 Å². The van der Waals surface area contributed by atoms with Gasteiger partial charge in [0.25, 0.3) is 0 Å². The zero-order valence-electron chi connectivity index (χ0n) is 8.16. The van der Waals surface area contributed by atoms with E-state index in [2.05, 4.69) is 4.74 Å². The molecule has 0 radical (unpaired) electrons. The number of rotatable bonds is 3. The largest absolute Gasteiger partial charge is 0.573 e. The molecule has 1 N–H and O–H groups in total. The van der Waals surface area contributed by atoms with Crippen molar-refractivity contribution in [3.05, 3.63) is 34.9 Å². The molecule has 3 nitrogen and oxygen atoms in total. The highest BCUT2D eigenvalue weighted by Gasteiger charge is 2.31. The van der Waals surface area contributed by atoms with Crippen LogP contribution in [-0.4, -0.2) is 17.4 Å². The number of aliphatic carboxylic acids is 1. The Kier molecular flexibility index (Phi) is 4.01. The van der Waals surface area contributed by atoms with Crippen molar-refractivity contribution in [2.75, 3.05) is 0 Å². The van der Waals surface area contributed by atoms with Gasteiger partial charge in [-0.25, -0.2) is 4.79 Å². The Morgan fingerprint density at radius 2 is 2.06 bits per heavy atom. The van der Waals surface area contributed by atoms with Gasteiger partial charge in [0.2, 0.25) is 0 Å². The van der Waals surface area contributed by atoms with Crippen molar-refractivity contribution in [3.63, 3.8) is 0 Å². The van der Waals surface area contributed by atoms with Crippen molar-refractivity contribution in [1.82, 2.24) is 0 Å². The van der Waals surface area contributed by atoms with Crippen molar-refractivity contribution >= 4 is 23.6 Å². The van der Waals surface area contributed by atoms with Crippen LogP contribution in [-0.2, 0) is 4.79 Å². The fourth-order valence-electron chi connectivity index (χ4n) is 1.00. The first-order valence-corrected chi connectivity index (χ1v) is 4.62. The Balaban J connectivity index is 2.90. The van der Waals surface area contributed by atoms with Crippen LogP contribution < -0.4 is 4.74 Å². The molecule has 0 unspecified atom stereocenters. The second-order valence-electron chi connectivity index (χ2n) is 2.90. The van der Waals surface area contributed by atoms with Crippen LogP contribution in [0.1, 0.15) is 5.56 Å². The molecule has 17 heavy (non-hydrogen) atoms. The summed E-state index contributed by atoms with van der Waals surface area (Å²) in [5.41, 5.74) is 0.281. The number of benzene rings is 1. The van der Waals surface area contributed by atoms with E-state index in [4.69, 9.17) is 16.7 Å². The molecule has 0 amide bonds. The molecule has 0 saturated carbocycles. The topological polar surface area (TPSA) is 46.5 Å². The summed E-state index contributed by atoms with van der Waals surface area (Å²) in [6, 6.07) is 3.22. The minimum absolute atomic E-state index is 0.0377. The van der Waals surface area contributed by atoms with Crippen LogP contribution in [0, 0.1) is 0 Å². The molecule has 0 saturated heterocycles. The number of hydrogen-bond donors (Lipinski definition) is 1. The van der Waals surface area contributed by atoms with Gasteiger partial charge in [0.1, 0.15) is 5.75 Å². The molecule has 0 spiro atoms. The molecule has 0 aliphatic rings. The van der Waals surface area contributed by atoms with Gasteiger partial charge >= 0.3 is 12.3 Å². The predicted octanol–water partition coefficient (Wildman–Crippen LogP) is 3.34. The van der Waals surface area contributed by atoms with Crippen LogP contribution >= 0.6 is 11.6 Å². The Bertz CT molecular complexity index is 455. The van der Waals surface area contributed by atoms with E-state index in [0.717, 1.165) is 18.2 Å². The van der Waals surface area contributed by atoms with Crippen LogP contribution in [0.5, 0.6) is 5.75 Å². The summed E-state index contributed by atoms with van der Waals surface area (Å²) >= 11 is 5.65. The van der Waals surface area contributed by atoms with Gasteiger partial charge in [-0.05, 0) is 29.8 Å². The van der Waals surface area contributed by atoms with E-state index in [-0.39, 0.29) is 10.6 Å². The number of halogens is 4. The van der Waals surface area contributed by atoms with Crippen LogP contribution in [0.4, 0.5) is 13.2 Å². The molecular formula is C10H6ClF3O3. The van der Waals surface area contributed by atoms with Gasteiger partial charge in [-0.1, -0.05) is 11.6 Å². The van der Waals surface area contributed by atoms with E-state index in [1.54, 1.807) is 0 Å². The van der Waals surface area contributed by atoms with E-state index in [1.165, 1.54) is 12.1 Å². The summed E-state index contributed by atoms with van der Waals surface area (Å²) in [4.78, 5) is 10.2. The molecule has 0 bridgehead atoms. The fraction of sp³-hybridized carbons (Fsp3) is 0.100. The molecule has 0 aliphatic carbocycles. The highest BCUT2D eigenvalue weighted by Crippen LogP contribution is 2.28. The van der Waals surface area contributed by atoms with Crippen molar-refractivity contribution in [1.29, 1.82) is 0 Å². The maximum atomic E-state index is 11.9. The van der Waals surface area contributed by atoms with Crippen LogP contribution in [0.25, 0.3) is 6.08 Å². The summed E-state index contributed by atoms with van der Waals surface area (Å²) in [5, 5.41) is 8.33. The number of carbonyl (C=O) groups is 1. The Morgan fingerprint density at radius 3 is 2.53 bits per heavy atom. The lowest BCUT2D eigenvalue weighted by Crippen LogP contribution is -2.17. The highest BCUT2D eigenvalue weighted by atomic mass is 35.5. The number of carboxylic acid groups (broad SMARTS) is 1. The second-order valence-corrected chi connectivity index (χ2v) is 3.31. The normalized spacial score (nSPS) is 11.8. The minimum atomic E-state index is -4.79. The monoisotopic (exact) mass is 266 g/mol. The molecule has 1 rings (SSSR count). The summed E-state index contributed by atoms with van der Waals surface area (Å²) < 4.78 is 39.2. The molecule has 0 aliphatic heterocycles. The number of hydrogen-bond acceptors (Lipinski definition) is 2. The van der Waals surface area contributed by atoms with Gasteiger partial charge in [0.05, 0.1) is 5.02 Å². The van der Waals surface area contributed by atoms with E-state index < -0.39 is 18.1 Å². The molecule has 0 aromatic heterocycles. The maximum Gasteiger partial charge on any atom is 0.573 e. The van der Waals surface area contributed by atoms with Gasteiger partial charge in [-0.15, -0.1) is 13.2 Å². The molecule has 7 heteroatoms. The molecule has 92 valence electrons. The average molecular weight is 267 g/mol. The van der Waals surface area contributed by atoms with Gasteiger partial charge < -0.3 is 9.84 Å². The first kappa shape index (κ1) is 13.4. The fourth-order valence-corrected chi connectivity index (χ4v) is 1.23. The molecule has 0 fully saturated rings. The number of ether oxygens (including phenoxy) is 1. The van der Waals surface area contributed by atoms with Crippen LogP contribution in [0.2, 0.25) is 5.02 Å². The molecule has 1 aromatic rings. The molecule has 1 aromatic carbocycles. The van der Waals surface area contributed by atoms with Gasteiger partial charge in [0, 0.05) is 6.08 Å². The third-order valence-corrected chi connectivity index (χ3v) is 1.94. The number of carboxylic acids is 1. The summed E-state index contributed by atoms with van der Waals surface area (Å²) in [6.45, 7) is 0. The van der Waals surface area contributed by atoms with E-state index in [9.17, 15) is 18.0 Å². The van der Waals surface area contributed by atoms with Crippen LogP contribution in [0.15, 0.2) is 24.3 Å². The predicted molar refractivity (Wildman–Crippen MR) is 54.8 cm³/mol. The standard InChI is InChI=1S/C10H6ClF3O3/c11-8-5-7(17-10(12,13)14)3-1-6(8)2-4-9(15)16/h1-5H,(H,15,16). The lowest BCUT2D eigenvalue weighted by Gasteiger charge is -2.09. The lowest BCUT2D eigenvalue weighted by molar-refractivity contribution is -0.274. The number of alkyl halides is 3. The first-order valence-electron chi connectivity index (χ1n) is 4.24. The van der Waals surface area contributed by atoms with Crippen molar-refractivity contribution < 1.29 is 27.8 Å². The Hall–Kier alpha value is -1.69. The lowest BCUT2D eigenvalue weighted by atomic mass is 10.2. The zero-order chi connectivity index (χ0) is 13.1. The van der Waals surface area contributed by atoms with Crippen molar-refractivity contribution in [2.45, 2.75) is 6.36 Å². The van der Waals surface area contributed by atoms with Gasteiger partial charge in [-0.2, -0.15) is 0 Å². The molecule has 0 heterocycles. The second kappa shape index (κ2) is 5.09. The summed E-state index contributed by atoms with van der Waals surface area (Å²) in [7, 11) is 0. The van der Waals surface area contributed by atoms with Crippen LogP contribution in [0.3, 0.4) is 0 Å². The van der Waals surface area contributed by atoms with Crippen molar-refractivity contribution in [3.8, 4) is 5.75 Å². The van der Waals surface area contributed by atoms with Gasteiger partial charge in [-0.3, -0.25) is 0 Å². The van der Waals surface area contributed by atoms with Gasteiger partial charge in [0.15, 0.2) is 0 Å². The smallest absolute Gasteiger partial charge is 0.478 e. The maximum absolute atomic E-state index is 11.9. The minimum Gasteiger partial charge on any atom is -0.478 e. The highest BCUT2D eigenvalue weighted by molar-refractivity contribution is 6.32. The van der Waals surface area contributed by atoms with E-state index in [1.807, 2.05) is 0 Å². The third kappa shape index (κ3) is 4.78. The summed E-state index contributed by atoms with van der Waals surface area (Å²) in [6.07, 6.45) is -2.80. The Morgan fingerprint density at radius 1 is 1.41 bits per heavy atom. The molecular weight excluding hydrogens is 261 g/mol. The quantitative estimate of drug-likeness (QED) is 0.854.